The lowest BCUT2D eigenvalue weighted by atomic mass is 10.2. The molecule has 1 unspecified atom stereocenters. The van der Waals surface area contributed by atoms with Gasteiger partial charge in [0, 0.05) is 17.1 Å². The van der Waals surface area contributed by atoms with Crippen molar-refractivity contribution in [3.05, 3.63) is 28.5 Å². The van der Waals surface area contributed by atoms with Gasteiger partial charge in [0.05, 0.1) is 0 Å². The van der Waals surface area contributed by atoms with E-state index in [-0.39, 0.29) is 10.9 Å². The highest BCUT2D eigenvalue weighted by atomic mass is 79.9. The molecule has 0 saturated heterocycles. The topological polar surface area (TPSA) is 37.4 Å². The third-order valence-corrected chi connectivity index (χ3v) is 5.84. The molecule has 0 fully saturated rings. The van der Waals surface area contributed by atoms with Crippen LogP contribution in [0, 0.1) is 5.82 Å². The average Bonchev–Trinajstić information content (AvgIpc) is 2.38. The minimum absolute atomic E-state index is 0.144. The summed E-state index contributed by atoms with van der Waals surface area (Å²) in [5.41, 5.74) is 0. The lowest BCUT2D eigenvalue weighted by Crippen LogP contribution is -2.39. The Morgan fingerprint density at radius 3 is 2.50 bits per heavy atom. The zero-order chi connectivity index (χ0) is 15.3. The first-order chi connectivity index (χ1) is 9.34. The van der Waals surface area contributed by atoms with Crippen LogP contribution in [-0.2, 0) is 10.0 Å². The van der Waals surface area contributed by atoms with Gasteiger partial charge in [-0.1, -0.05) is 36.2 Å². The number of halogens is 2. The first kappa shape index (κ1) is 17.6. The summed E-state index contributed by atoms with van der Waals surface area (Å²) >= 11 is 3.14. The fraction of sp³-hybridized carbons (Fsp3) is 0.571. The Kier molecular flexibility index (Phi) is 6.61. The first-order valence-corrected chi connectivity index (χ1v) is 9.04. The van der Waals surface area contributed by atoms with Crippen molar-refractivity contribution in [3.63, 3.8) is 0 Å². The second-order valence-corrected chi connectivity index (χ2v) is 7.58. The Morgan fingerprint density at radius 1 is 1.35 bits per heavy atom. The Morgan fingerprint density at radius 2 is 2.00 bits per heavy atom. The minimum Gasteiger partial charge on any atom is -0.207 e. The molecule has 0 heterocycles. The summed E-state index contributed by atoms with van der Waals surface area (Å²) < 4.78 is 41.2. The van der Waals surface area contributed by atoms with Gasteiger partial charge in [-0.05, 0) is 38.0 Å². The first-order valence-electron chi connectivity index (χ1n) is 6.81. The molecular weight excluding hydrogens is 345 g/mol. The van der Waals surface area contributed by atoms with Gasteiger partial charge >= 0.3 is 0 Å². The van der Waals surface area contributed by atoms with Gasteiger partial charge in [-0.2, -0.15) is 4.31 Å². The molecule has 1 atom stereocenters. The van der Waals surface area contributed by atoms with Crippen LogP contribution in [0.25, 0.3) is 0 Å². The molecular formula is C14H21BrFNO2S. The predicted octanol–water partition coefficient (Wildman–Crippen LogP) is 4.18. The molecule has 0 aliphatic heterocycles. The van der Waals surface area contributed by atoms with Gasteiger partial charge < -0.3 is 0 Å². The van der Waals surface area contributed by atoms with Crippen molar-refractivity contribution < 1.29 is 12.8 Å². The predicted molar refractivity (Wildman–Crippen MR) is 82.7 cm³/mol. The molecule has 0 amide bonds. The van der Waals surface area contributed by atoms with E-state index < -0.39 is 15.8 Å². The SMILES string of the molecule is CCCCN(C(C)CC)S(=O)(=O)c1ccc(Br)cc1F. The van der Waals surface area contributed by atoms with Crippen LogP contribution in [0.3, 0.4) is 0 Å². The van der Waals surface area contributed by atoms with Crippen molar-refractivity contribution in [1.82, 2.24) is 4.31 Å². The van der Waals surface area contributed by atoms with E-state index in [9.17, 15) is 12.8 Å². The number of nitrogens with zero attached hydrogens (tertiary/aromatic N) is 1. The molecule has 1 rings (SSSR count). The van der Waals surface area contributed by atoms with Crippen molar-refractivity contribution in [1.29, 1.82) is 0 Å². The summed E-state index contributed by atoms with van der Waals surface area (Å²) in [4.78, 5) is -0.253. The van der Waals surface area contributed by atoms with Gasteiger partial charge in [-0.25, -0.2) is 12.8 Å². The summed E-state index contributed by atoms with van der Waals surface area (Å²) in [5.74, 6) is -0.718. The number of hydrogen-bond acceptors (Lipinski definition) is 2. The standard InChI is InChI=1S/C14H21BrFNO2S/c1-4-6-9-17(11(3)5-2)20(18,19)14-8-7-12(15)10-13(14)16/h7-8,10-11H,4-6,9H2,1-3H3. The largest absolute Gasteiger partial charge is 0.246 e. The maximum absolute atomic E-state index is 14.0. The van der Waals surface area contributed by atoms with E-state index in [4.69, 9.17) is 0 Å². The van der Waals surface area contributed by atoms with Gasteiger partial charge in [0.25, 0.3) is 0 Å². The number of rotatable bonds is 7. The van der Waals surface area contributed by atoms with Crippen LogP contribution >= 0.6 is 15.9 Å². The Hall–Kier alpha value is -0.460. The fourth-order valence-corrected chi connectivity index (χ4v) is 4.03. The zero-order valence-electron chi connectivity index (χ0n) is 12.1. The van der Waals surface area contributed by atoms with Gasteiger partial charge in [-0.15, -0.1) is 0 Å². The average molecular weight is 366 g/mol. The lowest BCUT2D eigenvalue weighted by molar-refractivity contribution is 0.322. The van der Waals surface area contributed by atoms with Crippen molar-refractivity contribution in [2.75, 3.05) is 6.54 Å². The highest BCUT2D eigenvalue weighted by molar-refractivity contribution is 9.10. The highest BCUT2D eigenvalue weighted by Gasteiger charge is 2.30. The molecule has 0 bridgehead atoms. The molecule has 0 aromatic heterocycles. The van der Waals surface area contributed by atoms with Crippen LogP contribution in [0.4, 0.5) is 4.39 Å². The molecule has 0 saturated carbocycles. The highest BCUT2D eigenvalue weighted by Crippen LogP contribution is 2.25. The summed E-state index contributed by atoms with van der Waals surface area (Å²) in [6.45, 7) is 6.20. The van der Waals surface area contributed by atoms with Crippen LogP contribution < -0.4 is 0 Å². The van der Waals surface area contributed by atoms with Gasteiger partial charge in [0.2, 0.25) is 10.0 Å². The minimum atomic E-state index is -3.79. The van der Waals surface area contributed by atoms with Gasteiger partial charge in [0.15, 0.2) is 0 Å². The molecule has 6 heteroatoms. The molecule has 0 aliphatic carbocycles. The number of hydrogen-bond donors (Lipinski definition) is 0. The van der Waals surface area contributed by atoms with E-state index in [1.165, 1.54) is 16.4 Å². The van der Waals surface area contributed by atoms with E-state index in [0.717, 1.165) is 12.8 Å². The molecule has 20 heavy (non-hydrogen) atoms. The number of benzene rings is 1. The summed E-state index contributed by atoms with van der Waals surface area (Å²) in [6.07, 6.45) is 2.36. The van der Waals surface area contributed by atoms with E-state index in [2.05, 4.69) is 15.9 Å². The molecule has 0 aliphatic rings. The zero-order valence-corrected chi connectivity index (χ0v) is 14.5. The van der Waals surface area contributed by atoms with Crippen LogP contribution in [0.15, 0.2) is 27.6 Å². The monoisotopic (exact) mass is 365 g/mol. The third kappa shape index (κ3) is 4.02. The molecule has 1 aromatic carbocycles. The smallest absolute Gasteiger partial charge is 0.207 e. The summed E-state index contributed by atoms with van der Waals surface area (Å²) in [5, 5.41) is 0. The third-order valence-electron chi connectivity index (χ3n) is 3.30. The van der Waals surface area contributed by atoms with Crippen LogP contribution in [0.2, 0.25) is 0 Å². The Bertz CT molecular complexity index is 548. The Labute approximate surface area is 129 Å². The van der Waals surface area contributed by atoms with Gasteiger partial charge in [-0.3, -0.25) is 0 Å². The second-order valence-electron chi connectivity index (χ2n) is 4.80. The number of sulfonamides is 1. The van der Waals surface area contributed by atoms with E-state index in [1.54, 1.807) is 6.07 Å². The van der Waals surface area contributed by atoms with Crippen molar-refractivity contribution in [3.8, 4) is 0 Å². The lowest BCUT2D eigenvalue weighted by Gasteiger charge is -2.27. The second kappa shape index (κ2) is 7.52. The van der Waals surface area contributed by atoms with Crippen LogP contribution in [0.5, 0.6) is 0 Å². The molecule has 0 N–H and O–H groups in total. The summed E-state index contributed by atoms with van der Waals surface area (Å²) in [7, 11) is -3.79. The molecule has 0 radical (unpaired) electrons. The maximum atomic E-state index is 14.0. The number of unbranched alkanes of at least 4 members (excludes halogenated alkanes) is 1. The van der Waals surface area contributed by atoms with Gasteiger partial charge in [0.1, 0.15) is 10.7 Å². The van der Waals surface area contributed by atoms with Crippen molar-refractivity contribution in [2.45, 2.75) is 51.0 Å². The van der Waals surface area contributed by atoms with E-state index >= 15 is 0 Å². The quantitative estimate of drug-likeness (QED) is 0.726. The van der Waals surface area contributed by atoms with Crippen LogP contribution in [-0.4, -0.2) is 25.3 Å². The molecule has 3 nitrogen and oxygen atoms in total. The van der Waals surface area contributed by atoms with Crippen molar-refractivity contribution >= 4 is 26.0 Å². The summed E-state index contributed by atoms with van der Waals surface area (Å²) in [6, 6.07) is 3.90. The van der Waals surface area contributed by atoms with Crippen LogP contribution in [0.1, 0.15) is 40.0 Å². The fourth-order valence-electron chi connectivity index (χ4n) is 1.91. The molecule has 0 spiro atoms. The molecule has 1 aromatic rings. The molecule has 114 valence electrons. The van der Waals surface area contributed by atoms with Crippen molar-refractivity contribution in [2.24, 2.45) is 0 Å². The Balaban J connectivity index is 3.21. The van der Waals surface area contributed by atoms with E-state index in [0.29, 0.717) is 17.4 Å². The maximum Gasteiger partial charge on any atom is 0.246 e. The van der Waals surface area contributed by atoms with E-state index in [1.807, 2.05) is 20.8 Å². The normalized spacial score (nSPS) is 13.7.